The molecule has 3 amide bonds. The predicted octanol–water partition coefficient (Wildman–Crippen LogP) is 2.08. The molecule has 0 spiro atoms. The minimum absolute atomic E-state index is 0.0748. The van der Waals surface area contributed by atoms with Crippen molar-refractivity contribution in [3.05, 3.63) is 59.9 Å². The van der Waals surface area contributed by atoms with Crippen molar-refractivity contribution in [1.82, 2.24) is 15.2 Å². The van der Waals surface area contributed by atoms with Crippen LogP contribution in [0, 0.1) is 5.41 Å². The van der Waals surface area contributed by atoms with E-state index in [1.54, 1.807) is 17.2 Å². The van der Waals surface area contributed by atoms with Crippen LogP contribution in [-0.2, 0) is 27.3 Å². The van der Waals surface area contributed by atoms with E-state index in [0.717, 1.165) is 17.7 Å². The molecule has 2 heterocycles. The molecule has 176 valence electrons. The number of nitrogens with one attached hydrogen (secondary N) is 2. The topological polar surface area (TPSA) is 127 Å². The van der Waals surface area contributed by atoms with Crippen LogP contribution in [0.3, 0.4) is 0 Å². The lowest BCUT2D eigenvalue weighted by atomic mass is 9.78. The number of piperidine rings is 1. The number of rotatable bonds is 8. The fraction of sp³-hybridized carbons (Fsp3) is 0.417. The van der Waals surface area contributed by atoms with Crippen LogP contribution < -0.4 is 16.4 Å². The van der Waals surface area contributed by atoms with Gasteiger partial charge in [0.2, 0.25) is 11.8 Å². The van der Waals surface area contributed by atoms with Crippen LogP contribution in [0.5, 0.6) is 0 Å². The van der Waals surface area contributed by atoms with Crippen LogP contribution in [0.1, 0.15) is 31.0 Å². The van der Waals surface area contributed by atoms with Crippen molar-refractivity contribution >= 4 is 23.6 Å². The summed E-state index contributed by atoms with van der Waals surface area (Å²) in [6.07, 6.45) is 2.67. The number of likely N-dealkylation sites (tertiary alicyclic amines) is 1. The average Bonchev–Trinajstić information content (AvgIpc) is 2.87. The Morgan fingerprint density at radius 2 is 1.85 bits per heavy atom. The maximum absolute atomic E-state index is 13.2. The molecular formula is C24H31N5O4. The molecule has 1 fully saturated rings. The molecule has 1 aromatic heterocycles. The fourth-order valence-corrected chi connectivity index (χ4v) is 3.79. The van der Waals surface area contributed by atoms with Gasteiger partial charge < -0.3 is 20.7 Å². The summed E-state index contributed by atoms with van der Waals surface area (Å²) in [7, 11) is 0. The van der Waals surface area contributed by atoms with E-state index in [-0.39, 0.29) is 31.5 Å². The molecule has 4 N–H and O–H groups in total. The molecule has 0 radical (unpaired) electrons. The Morgan fingerprint density at radius 3 is 2.45 bits per heavy atom. The van der Waals surface area contributed by atoms with Gasteiger partial charge in [-0.25, -0.2) is 4.79 Å². The normalized spacial score (nSPS) is 14.9. The van der Waals surface area contributed by atoms with Crippen molar-refractivity contribution in [2.45, 2.75) is 32.7 Å². The molecule has 1 aliphatic heterocycles. The van der Waals surface area contributed by atoms with E-state index < -0.39 is 11.5 Å². The number of pyridine rings is 1. The third-order valence-electron chi connectivity index (χ3n) is 5.97. The van der Waals surface area contributed by atoms with E-state index in [2.05, 4.69) is 22.5 Å². The zero-order valence-corrected chi connectivity index (χ0v) is 18.9. The second kappa shape index (κ2) is 11.4. The number of benzene rings is 1. The second-order valence-corrected chi connectivity index (χ2v) is 8.12. The minimum Gasteiger partial charge on any atom is -0.448 e. The van der Waals surface area contributed by atoms with Crippen molar-refractivity contribution in [3.8, 4) is 0 Å². The zero-order chi connectivity index (χ0) is 23.7. The van der Waals surface area contributed by atoms with Gasteiger partial charge in [-0.05, 0) is 49.1 Å². The molecule has 1 aromatic carbocycles. The lowest BCUT2D eigenvalue weighted by Gasteiger charge is -2.40. The maximum Gasteiger partial charge on any atom is 0.411 e. The number of hydrogen-bond donors (Lipinski definition) is 3. The highest BCUT2D eigenvalue weighted by atomic mass is 16.5. The lowest BCUT2D eigenvalue weighted by molar-refractivity contribution is -0.142. The van der Waals surface area contributed by atoms with Gasteiger partial charge in [0.25, 0.3) is 0 Å². The number of aromatic nitrogens is 1. The first-order valence-corrected chi connectivity index (χ1v) is 11.1. The Bertz CT molecular complexity index is 941. The number of nitrogens with two attached hydrogens (primary N) is 1. The van der Waals surface area contributed by atoms with Crippen LogP contribution in [0.15, 0.2) is 48.7 Å². The van der Waals surface area contributed by atoms with Crippen molar-refractivity contribution < 1.29 is 19.1 Å². The van der Waals surface area contributed by atoms with Crippen molar-refractivity contribution in [3.63, 3.8) is 0 Å². The Morgan fingerprint density at radius 1 is 1.12 bits per heavy atom. The van der Waals surface area contributed by atoms with Gasteiger partial charge >= 0.3 is 6.09 Å². The molecule has 0 bridgehead atoms. The van der Waals surface area contributed by atoms with E-state index >= 15 is 0 Å². The number of ether oxygens (including phenoxy) is 1. The highest BCUT2D eigenvalue weighted by molar-refractivity contribution is 5.86. The van der Waals surface area contributed by atoms with Crippen molar-refractivity contribution in [2.75, 3.05) is 31.6 Å². The summed E-state index contributed by atoms with van der Waals surface area (Å²) in [6.45, 7) is 2.90. The number of carbonyl (C=O) groups is 3. The van der Waals surface area contributed by atoms with Crippen LogP contribution in [0.25, 0.3) is 0 Å². The van der Waals surface area contributed by atoms with Gasteiger partial charge in [0.1, 0.15) is 6.61 Å². The summed E-state index contributed by atoms with van der Waals surface area (Å²) >= 11 is 0. The summed E-state index contributed by atoms with van der Waals surface area (Å²) in [5.41, 5.74) is 7.05. The third-order valence-corrected chi connectivity index (χ3v) is 5.97. The number of aryl methyl sites for hydroxylation is 1. The first-order chi connectivity index (χ1) is 16.0. The molecule has 1 saturated heterocycles. The van der Waals surface area contributed by atoms with E-state index in [4.69, 9.17) is 10.5 Å². The number of nitrogens with zero attached hydrogens (tertiary/aromatic N) is 2. The number of carbonyl (C=O) groups excluding carboxylic acids is 3. The molecule has 9 heteroatoms. The molecule has 1 aliphatic rings. The van der Waals surface area contributed by atoms with Crippen LogP contribution >= 0.6 is 0 Å². The van der Waals surface area contributed by atoms with Gasteiger partial charge in [0.05, 0.1) is 24.2 Å². The quantitative estimate of drug-likeness (QED) is 0.562. The molecular weight excluding hydrogens is 422 g/mol. The summed E-state index contributed by atoms with van der Waals surface area (Å²) in [4.78, 5) is 43.4. The van der Waals surface area contributed by atoms with Gasteiger partial charge in [-0.15, -0.1) is 0 Å². The Hall–Kier alpha value is -3.46. The van der Waals surface area contributed by atoms with Gasteiger partial charge in [-0.2, -0.15) is 0 Å². The molecule has 2 aromatic rings. The van der Waals surface area contributed by atoms with E-state index in [0.29, 0.717) is 31.6 Å². The predicted molar refractivity (Wildman–Crippen MR) is 124 cm³/mol. The monoisotopic (exact) mass is 453 g/mol. The van der Waals surface area contributed by atoms with Gasteiger partial charge in [0.15, 0.2) is 0 Å². The summed E-state index contributed by atoms with van der Waals surface area (Å²) in [6, 6.07) is 13.0. The summed E-state index contributed by atoms with van der Waals surface area (Å²) in [5.74, 6) is -0.389. The number of hydrogen-bond acceptors (Lipinski definition) is 6. The second-order valence-electron chi connectivity index (χ2n) is 8.12. The SMILES string of the molecule is CCc1ccc(NC(=O)OCC2(C(=O)NCc3ccccn3)CCN(C(=O)CN)CC2)cc1. The van der Waals surface area contributed by atoms with Crippen LogP contribution in [-0.4, -0.2) is 54.0 Å². The number of amides is 3. The molecule has 0 saturated carbocycles. The standard InChI is InChI=1S/C24H31N5O4/c1-2-18-6-8-19(9-7-18)28-23(32)33-17-24(10-13-29(14-11-24)21(30)15-25)22(31)27-16-20-5-3-4-12-26-20/h3-9,12H,2,10-11,13-17,25H2,1H3,(H,27,31)(H,28,32). The highest BCUT2D eigenvalue weighted by Gasteiger charge is 2.43. The molecule has 0 unspecified atom stereocenters. The van der Waals surface area contributed by atoms with Gasteiger partial charge in [-0.3, -0.25) is 19.9 Å². The maximum atomic E-state index is 13.2. The average molecular weight is 454 g/mol. The van der Waals surface area contributed by atoms with E-state index in [9.17, 15) is 14.4 Å². The largest absolute Gasteiger partial charge is 0.448 e. The molecule has 33 heavy (non-hydrogen) atoms. The molecule has 0 aliphatic carbocycles. The Balaban J connectivity index is 1.63. The lowest BCUT2D eigenvalue weighted by Crippen LogP contribution is -2.53. The van der Waals surface area contributed by atoms with Gasteiger partial charge in [0, 0.05) is 25.0 Å². The Labute approximate surface area is 193 Å². The number of anilines is 1. The minimum atomic E-state index is -0.941. The molecule has 9 nitrogen and oxygen atoms in total. The summed E-state index contributed by atoms with van der Waals surface area (Å²) < 4.78 is 5.49. The highest BCUT2D eigenvalue weighted by Crippen LogP contribution is 2.33. The van der Waals surface area contributed by atoms with Crippen LogP contribution in [0.2, 0.25) is 0 Å². The third kappa shape index (κ3) is 6.52. The molecule has 0 atom stereocenters. The van der Waals surface area contributed by atoms with Gasteiger partial charge in [-0.1, -0.05) is 25.1 Å². The summed E-state index contributed by atoms with van der Waals surface area (Å²) in [5, 5.41) is 5.61. The van der Waals surface area contributed by atoms with E-state index in [1.165, 1.54) is 0 Å². The smallest absolute Gasteiger partial charge is 0.411 e. The Kier molecular flexibility index (Phi) is 8.37. The van der Waals surface area contributed by atoms with Crippen molar-refractivity contribution in [2.24, 2.45) is 11.1 Å². The fourth-order valence-electron chi connectivity index (χ4n) is 3.79. The van der Waals surface area contributed by atoms with Crippen LogP contribution in [0.4, 0.5) is 10.5 Å². The first kappa shape index (κ1) is 24.2. The van der Waals surface area contributed by atoms with Crippen molar-refractivity contribution in [1.29, 1.82) is 0 Å². The first-order valence-electron chi connectivity index (χ1n) is 11.1. The van der Waals surface area contributed by atoms with E-state index in [1.807, 2.05) is 36.4 Å². The zero-order valence-electron chi connectivity index (χ0n) is 18.9. The molecule has 3 rings (SSSR count).